The van der Waals surface area contributed by atoms with Gasteiger partial charge in [0.05, 0.1) is 11.9 Å². The van der Waals surface area contributed by atoms with Crippen molar-refractivity contribution in [1.82, 2.24) is 29.7 Å². The zero-order chi connectivity index (χ0) is 18.6. The number of rotatable bonds is 4. The van der Waals surface area contributed by atoms with Gasteiger partial charge >= 0.3 is 0 Å². The molecule has 4 heterocycles. The van der Waals surface area contributed by atoms with Crippen molar-refractivity contribution in [2.75, 3.05) is 33.2 Å². The Bertz CT molecular complexity index is 754. The van der Waals surface area contributed by atoms with Crippen LogP contribution in [0, 0.1) is 11.8 Å². The monoisotopic (exact) mass is 368 g/mol. The molecule has 0 unspecified atom stereocenters. The highest BCUT2D eigenvalue weighted by molar-refractivity contribution is 5.79. The molecule has 2 aromatic heterocycles. The zero-order valence-corrected chi connectivity index (χ0v) is 16.0. The Morgan fingerprint density at radius 2 is 2.07 bits per heavy atom. The maximum Gasteiger partial charge on any atom is 0.225 e. The molecule has 2 saturated heterocycles. The molecule has 1 N–H and O–H groups in total. The van der Waals surface area contributed by atoms with E-state index in [1.807, 2.05) is 6.20 Å². The molecule has 2 fully saturated rings. The van der Waals surface area contributed by atoms with E-state index in [1.165, 1.54) is 0 Å². The Balaban J connectivity index is 1.37. The molecule has 1 atom stereocenters. The number of carbonyl (C=O) groups is 1. The summed E-state index contributed by atoms with van der Waals surface area (Å²) < 4.78 is 0. The third-order valence-electron chi connectivity index (χ3n) is 5.82. The van der Waals surface area contributed by atoms with Crippen LogP contribution in [0.3, 0.4) is 0 Å². The molecule has 7 nitrogen and oxygen atoms in total. The van der Waals surface area contributed by atoms with Crippen LogP contribution < -0.4 is 0 Å². The molecule has 27 heavy (non-hydrogen) atoms. The van der Waals surface area contributed by atoms with Gasteiger partial charge in [-0.15, -0.1) is 0 Å². The summed E-state index contributed by atoms with van der Waals surface area (Å²) >= 11 is 0. The highest BCUT2D eigenvalue weighted by Crippen LogP contribution is 2.25. The lowest BCUT2D eigenvalue weighted by molar-refractivity contribution is -0.138. The molecule has 0 bridgehead atoms. The second-order valence-corrected chi connectivity index (χ2v) is 7.91. The molecule has 2 aromatic rings. The van der Waals surface area contributed by atoms with Crippen molar-refractivity contribution in [3.63, 3.8) is 0 Å². The van der Waals surface area contributed by atoms with E-state index in [-0.39, 0.29) is 5.92 Å². The molecule has 2 aliphatic rings. The maximum absolute atomic E-state index is 12.9. The summed E-state index contributed by atoms with van der Waals surface area (Å²) in [5.74, 6) is 1.77. The predicted molar refractivity (Wildman–Crippen MR) is 103 cm³/mol. The lowest BCUT2D eigenvalue weighted by Gasteiger charge is -2.37. The van der Waals surface area contributed by atoms with Crippen LogP contribution in [0.4, 0.5) is 0 Å². The second kappa shape index (κ2) is 8.17. The van der Waals surface area contributed by atoms with Crippen molar-refractivity contribution < 1.29 is 4.79 Å². The predicted octanol–water partition coefficient (Wildman–Crippen LogP) is 1.99. The molecular weight excluding hydrogens is 340 g/mol. The molecule has 0 spiro atoms. The Labute approximate surface area is 160 Å². The first-order valence-electron chi connectivity index (χ1n) is 9.97. The fraction of sp³-hybridized carbons (Fsp3) is 0.600. The fourth-order valence-electron chi connectivity index (χ4n) is 4.27. The van der Waals surface area contributed by atoms with E-state index >= 15 is 0 Å². The molecule has 2 aliphatic heterocycles. The third kappa shape index (κ3) is 4.35. The molecule has 4 rings (SSSR count). The summed E-state index contributed by atoms with van der Waals surface area (Å²) in [4.78, 5) is 33.7. The summed E-state index contributed by atoms with van der Waals surface area (Å²) in [6.45, 7) is 3.81. The number of amides is 1. The first-order chi connectivity index (χ1) is 13.2. The number of aromatic amines is 1. The lowest BCUT2D eigenvalue weighted by atomic mass is 9.90. The molecule has 0 saturated carbocycles. The number of hydrogen-bond acceptors (Lipinski definition) is 5. The van der Waals surface area contributed by atoms with Gasteiger partial charge in [-0.2, -0.15) is 0 Å². The summed E-state index contributed by atoms with van der Waals surface area (Å²) in [6.07, 6.45) is 12.1. The van der Waals surface area contributed by atoms with Gasteiger partial charge in [0.15, 0.2) is 5.82 Å². The van der Waals surface area contributed by atoms with E-state index < -0.39 is 0 Å². The van der Waals surface area contributed by atoms with Crippen LogP contribution in [-0.2, 0) is 11.2 Å². The number of aromatic nitrogens is 4. The standard InChI is InChI=1S/C20H28N6O/c1-25-9-4-16(5-10-25)20(27)26-8-2-3-15(14-26)11-17-12-21-13-18(24-17)19-22-6-7-23-19/h6-7,12-13,15-16H,2-5,8-11,14H2,1H3,(H,22,23)/t15-/m0/s1. The van der Waals surface area contributed by atoms with Gasteiger partial charge < -0.3 is 14.8 Å². The average Bonchev–Trinajstić information content (AvgIpc) is 3.23. The SMILES string of the molecule is CN1CCC(C(=O)N2CCC[C@@H](Cc3cncc(-c4ncc[nH]4)n3)C2)CC1. The Kier molecular flexibility index (Phi) is 5.48. The normalized spacial score (nSPS) is 22.1. The number of H-pyrrole nitrogens is 1. The number of carbonyl (C=O) groups excluding carboxylic acids is 1. The smallest absolute Gasteiger partial charge is 0.225 e. The van der Waals surface area contributed by atoms with Gasteiger partial charge in [-0.3, -0.25) is 9.78 Å². The largest absolute Gasteiger partial charge is 0.343 e. The van der Waals surface area contributed by atoms with Crippen LogP contribution in [0.2, 0.25) is 0 Å². The van der Waals surface area contributed by atoms with E-state index in [0.29, 0.717) is 11.8 Å². The van der Waals surface area contributed by atoms with Crippen LogP contribution >= 0.6 is 0 Å². The minimum absolute atomic E-state index is 0.210. The summed E-state index contributed by atoms with van der Waals surface area (Å²) in [5.41, 5.74) is 1.75. The molecule has 0 aliphatic carbocycles. The lowest BCUT2D eigenvalue weighted by Crippen LogP contribution is -2.46. The molecule has 1 amide bonds. The van der Waals surface area contributed by atoms with Gasteiger partial charge in [0.25, 0.3) is 0 Å². The van der Waals surface area contributed by atoms with Crippen LogP contribution in [0.15, 0.2) is 24.8 Å². The molecule has 0 aromatic carbocycles. The van der Waals surface area contributed by atoms with Crippen molar-refractivity contribution in [3.05, 3.63) is 30.5 Å². The average molecular weight is 368 g/mol. The van der Waals surface area contributed by atoms with Gasteiger partial charge in [0.1, 0.15) is 5.69 Å². The number of piperidine rings is 2. The Morgan fingerprint density at radius 3 is 2.85 bits per heavy atom. The molecule has 0 radical (unpaired) electrons. The zero-order valence-electron chi connectivity index (χ0n) is 16.0. The van der Waals surface area contributed by atoms with E-state index in [0.717, 1.165) is 75.5 Å². The van der Waals surface area contributed by atoms with Crippen molar-refractivity contribution in [2.45, 2.75) is 32.1 Å². The summed E-state index contributed by atoms with van der Waals surface area (Å²) in [5, 5.41) is 0. The first-order valence-corrected chi connectivity index (χ1v) is 9.97. The fourth-order valence-corrected chi connectivity index (χ4v) is 4.27. The maximum atomic E-state index is 12.9. The quantitative estimate of drug-likeness (QED) is 0.893. The van der Waals surface area contributed by atoms with Crippen molar-refractivity contribution in [1.29, 1.82) is 0 Å². The second-order valence-electron chi connectivity index (χ2n) is 7.91. The third-order valence-corrected chi connectivity index (χ3v) is 5.82. The Morgan fingerprint density at radius 1 is 1.22 bits per heavy atom. The number of hydrogen-bond donors (Lipinski definition) is 1. The summed E-state index contributed by atoms with van der Waals surface area (Å²) in [6, 6.07) is 0. The highest BCUT2D eigenvalue weighted by atomic mass is 16.2. The summed E-state index contributed by atoms with van der Waals surface area (Å²) in [7, 11) is 2.13. The van der Waals surface area contributed by atoms with Gasteiger partial charge in [0.2, 0.25) is 5.91 Å². The highest BCUT2D eigenvalue weighted by Gasteiger charge is 2.30. The van der Waals surface area contributed by atoms with Gasteiger partial charge in [-0.05, 0) is 58.2 Å². The van der Waals surface area contributed by atoms with Crippen molar-refractivity contribution in [3.8, 4) is 11.5 Å². The molecule has 7 heteroatoms. The van der Waals surface area contributed by atoms with E-state index in [9.17, 15) is 4.79 Å². The minimum atomic E-state index is 0.210. The van der Waals surface area contributed by atoms with Crippen molar-refractivity contribution >= 4 is 5.91 Å². The number of nitrogens with one attached hydrogen (secondary N) is 1. The Hall–Kier alpha value is -2.28. The van der Waals surface area contributed by atoms with E-state index in [2.05, 4.69) is 31.8 Å². The van der Waals surface area contributed by atoms with Crippen LogP contribution in [0.25, 0.3) is 11.5 Å². The first kappa shape index (κ1) is 18.1. The molecule has 144 valence electrons. The number of nitrogens with zero attached hydrogens (tertiary/aromatic N) is 5. The van der Waals surface area contributed by atoms with E-state index in [4.69, 9.17) is 4.98 Å². The van der Waals surface area contributed by atoms with Crippen LogP contribution in [0.1, 0.15) is 31.4 Å². The van der Waals surface area contributed by atoms with E-state index in [1.54, 1.807) is 18.6 Å². The minimum Gasteiger partial charge on any atom is -0.343 e. The topological polar surface area (TPSA) is 78.0 Å². The van der Waals surface area contributed by atoms with Crippen LogP contribution in [-0.4, -0.2) is 68.9 Å². The number of likely N-dealkylation sites (tertiary alicyclic amines) is 2. The van der Waals surface area contributed by atoms with Gasteiger partial charge in [-0.1, -0.05) is 0 Å². The van der Waals surface area contributed by atoms with Crippen LogP contribution in [0.5, 0.6) is 0 Å². The molecular formula is C20H28N6O. The van der Waals surface area contributed by atoms with Gasteiger partial charge in [-0.25, -0.2) is 9.97 Å². The van der Waals surface area contributed by atoms with Gasteiger partial charge in [0, 0.05) is 37.6 Å². The van der Waals surface area contributed by atoms with Crippen molar-refractivity contribution in [2.24, 2.45) is 11.8 Å². The number of imidazole rings is 1.